The minimum absolute atomic E-state index is 0.507. The van der Waals surface area contributed by atoms with Gasteiger partial charge in [-0.1, -0.05) is 24.0 Å². The summed E-state index contributed by atoms with van der Waals surface area (Å²) in [5.74, 6) is 3.34. The van der Waals surface area contributed by atoms with Crippen molar-refractivity contribution in [2.24, 2.45) is 0 Å². The van der Waals surface area contributed by atoms with E-state index in [1.54, 1.807) is 11.8 Å². The van der Waals surface area contributed by atoms with Crippen LogP contribution in [0.15, 0.2) is 14.9 Å². The highest BCUT2D eigenvalue weighted by Crippen LogP contribution is 2.27. The lowest BCUT2D eigenvalue weighted by Crippen LogP contribution is -2.23. The molecular formula is C14H17N3O2S2. The molecule has 1 aliphatic heterocycles. The molecule has 7 heteroatoms. The van der Waals surface area contributed by atoms with Gasteiger partial charge in [-0.05, 0) is 32.8 Å². The lowest BCUT2D eigenvalue weighted by molar-refractivity contribution is 0.499. The molecule has 2 aromatic heterocycles. The first-order valence-electron chi connectivity index (χ1n) is 6.95. The minimum Gasteiger partial charge on any atom is -0.466 e. The average Bonchev–Trinajstić information content (AvgIpc) is 3.16. The van der Waals surface area contributed by atoms with Gasteiger partial charge in [-0.15, -0.1) is 10.2 Å². The molecule has 0 radical (unpaired) electrons. The van der Waals surface area contributed by atoms with Gasteiger partial charge < -0.3 is 13.7 Å². The molecule has 0 atom stereocenters. The summed E-state index contributed by atoms with van der Waals surface area (Å²) in [4.78, 5) is 2.24. The second-order valence-corrected chi connectivity index (χ2v) is 6.69. The first-order chi connectivity index (χ1) is 10.1. The molecule has 0 aliphatic carbocycles. The van der Waals surface area contributed by atoms with Crippen molar-refractivity contribution in [3.05, 3.63) is 23.5 Å². The first-order valence-corrected chi connectivity index (χ1v) is 8.34. The molecule has 3 rings (SSSR count). The average molecular weight is 323 g/mol. The normalized spacial score (nSPS) is 14.9. The van der Waals surface area contributed by atoms with Crippen LogP contribution in [-0.2, 0) is 5.75 Å². The quantitative estimate of drug-likeness (QED) is 0.800. The van der Waals surface area contributed by atoms with Gasteiger partial charge in [0.2, 0.25) is 5.89 Å². The third-order valence-corrected chi connectivity index (χ3v) is 4.93. The zero-order valence-corrected chi connectivity index (χ0v) is 13.7. The zero-order valence-electron chi connectivity index (χ0n) is 12.1. The van der Waals surface area contributed by atoms with E-state index in [4.69, 9.17) is 21.1 Å². The van der Waals surface area contributed by atoms with Gasteiger partial charge >= 0.3 is 0 Å². The number of thioether (sulfide) groups is 1. The SMILES string of the molecule is Cc1cc(-c2nnc(CSC(=S)N3CCCC3)o2)c(C)o1. The molecule has 0 N–H and O–H groups in total. The third-order valence-electron chi connectivity index (χ3n) is 3.42. The molecule has 0 bridgehead atoms. The molecule has 0 unspecified atom stereocenters. The van der Waals surface area contributed by atoms with E-state index in [0.29, 0.717) is 17.5 Å². The summed E-state index contributed by atoms with van der Waals surface area (Å²) in [7, 11) is 0. The molecule has 0 spiro atoms. The molecule has 0 aromatic carbocycles. The molecule has 0 saturated carbocycles. The van der Waals surface area contributed by atoms with Gasteiger partial charge in [0.05, 0.1) is 11.3 Å². The fraction of sp³-hybridized carbons (Fsp3) is 0.500. The molecule has 21 heavy (non-hydrogen) atoms. The summed E-state index contributed by atoms with van der Waals surface area (Å²) in [6, 6.07) is 1.91. The topological polar surface area (TPSA) is 55.3 Å². The van der Waals surface area contributed by atoms with Crippen LogP contribution in [0.4, 0.5) is 0 Å². The lowest BCUT2D eigenvalue weighted by Gasteiger charge is -2.16. The van der Waals surface area contributed by atoms with Gasteiger partial charge in [-0.2, -0.15) is 0 Å². The summed E-state index contributed by atoms with van der Waals surface area (Å²) in [6.07, 6.45) is 2.45. The Balaban J connectivity index is 1.62. The fourth-order valence-electron chi connectivity index (χ4n) is 2.38. The highest BCUT2D eigenvalue weighted by atomic mass is 32.2. The van der Waals surface area contributed by atoms with E-state index >= 15 is 0 Å². The largest absolute Gasteiger partial charge is 0.466 e. The number of furan rings is 1. The monoisotopic (exact) mass is 323 g/mol. The maximum atomic E-state index is 5.70. The van der Waals surface area contributed by atoms with Crippen molar-refractivity contribution in [1.29, 1.82) is 0 Å². The molecule has 112 valence electrons. The van der Waals surface area contributed by atoms with Crippen molar-refractivity contribution in [2.75, 3.05) is 13.1 Å². The second kappa shape index (κ2) is 6.19. The van der Waals surface area contributed by atoms with Crippen LogP contribution >= 0.6 is 24.0 Å². The van der Waals surface area contributed by atoms with Gasteiger partial charge in [0, 0.05) is 13.1 Å². The van der Waals surface area contributed by atoms with Crippen molar-refractivity contribution in [2.45, 2.75) is 32.4 Å². The van der Waals surface area contributed by atoms with E-state index in [9.17, 15) is 0 Å². The molecule has 1 fully saturated rings. The highest BCUT2D eigenvalue weighted by molar-refractivity contribution is 8.22. The van der Waals surface area contributed by atoms with Crippen molar-refractivity contribution < 1.29 is 8.83 Å². The van der Waals surface area contributed by atoms with Crippen molar-refractivity contribution in [3.63, 3.8) is 0 Å². The number of thiocarbonyl (C=S) groups is 1. The van der Waals surface area contributed by atoms with E-state index in [0.717, 1.165) is 34.5 Å². The van der Waals surface area contributed by atoms with Crippen LogP contribution in [0, 0.1) is 13.8 Å². The predicted molar refractivity (Wildman–Crippen MR) is 86.2 cm³/mol. The van der Waals surface area contributed by atoms with Gasteiger partial charge in [-0.25, -0.2) is 0 Å². The smallest absolute Gasteiger partial charge is 0.251 e. The summed E-state index contributed by atoms with van der Waals surface area (Å²) >= 11 is 7.00. The number of nitrogens with zero attached hydrogens (tertiary/aromatic N) is 3. The van der Waals surface area contributed by atoms with E-state index in [1.165, 1.54) is 12.8 Å². The molecule has 1 aliphatic rings. The highest BCUT2D eigenvalue weighted by Gasteiger charge is 2.18. The Morgan fingerprint density at radius 2 is 2.05 bits per heavy atom. The number of hydrogen-bond acceptors (Lipinski definition) is 6. The minimum atomic E-state index is 0.507. The van der Waals surface area contributed by atoms with Crippen molar-refractivity contribution >= 4 is 28.3 Å². The van der Waals surface area contributed by atoms with E-state index in [2.05, 4.69) is 15.1 Å². The van der Waals surface area contributed by atoms with Crippen LogP contribution in [-0.4, -0.2) is 32.5 Å². The van der Waals surface area contributed by atoms with Gasteiger partial charge in [0.15, 0.2) is 0 Å². The molecule has 3 heterocycles. The van der Waals surface area contributed by atoms with E-state index in [1.807, 2.05) is 19.9 Å². The van der Waals surface area contributed by atoms with Crippen molar-refractivity contribution in [3.8, 4) is 11.5 Å². The summed E-state index contributed by atoms with van der Waals surface area (Å²) < 4.78 is 12.1. The Kier molecular flexibility index (Phi) is 4.30. The third kappa shape index (κ3) is 3.29. The Hall–Kier alpha value is -1.34. The second-order valence-electron chi connectivity index (χ2n) is 5.08. The number of hydrogen-bond donors (Lipinski definition) is 0. The first kappa shape index (κ1) is 14.6. The number of rotatable bonds is 3. The summed E-state index contributed by atoms with van der Waals surface area (Å²) in [6.45, 7) is 5.92. The summed E-state index contributed by atoms with van der Waals surface area (Å²) in [5, 5.41) is 8.17. The number of aromatic nitrogens is 2. The zero-order chi connectivity index (χ0) is 14.8. The lowest BCUT2D eigenvalue weighted by atomic mass is 10.2. The molecule has 2 aromatic rings. The van der Waals surface area contributed by atoms with Crippen LogP contribution in [0.25, 0.3) is 11.5 Å². The van der Waals surface area contributed by atoms with E-state index in [-0.39, 0.29) is 0 Å². The Labute approximate surface area is 133 Å². The van der Waals surface area contributed by atoms with Crippen LogP contribution < -0.4 is 0 Å². The van der Waals surface area contributed by atoms with Crippen LogP contribution in [0.2, 0.25) is 0 Å². The number of aryl methyl sites for hydroxylation is 2. The standard InChI is InChI=1S/C14H17N3O2S2/c1-9-7-11(10(2)18-9)13-16-15-12(19-13)8-21-14(20)17-5-3-4-6-17/h7H,3-6,8H2,1-2H3. The van der Waals surface area contributed by atoms with Crippen LogP contribution in [0.1, 0.15) is 30.3 Å². The Bertz CT molecular complexity index is 644. The molecular weight excluding hydrogens is 306 g/mol. The van der Waals surface area contributed by atoms with Gasteiger partial charge in [0.1, 0.15) is 15.8 Å². The maximum Gasteiger partial charge on any atom is 0.251 e. The Morgan fingerprint density at radius 1 is 1.29 bits per heavy atom. The molecule has 5 nitrogen and oxygen atoms in total. The van der Waals surface area contributed by atoms with Crippen molar-refractivity contribution in [1.82, 2.24) is 15.1 Å². The fourth-order valence-corrected chi connectivity index (χ4v) is 3.47. The van der Waals surface area contributed by atoms with Gasteiger partial charge in [-0.3, -0.25) is 0 Å². The van der Waals surface area contributed by atoms with E-state index < -0.39 is 0 Å². The predicted octanol–water partition coefficient (Wildman–Crippen LogP) is 3.56. The van der Waals surface area contributed by atoms with Crippen LogP contribution in [0.5, 0.6) is 0 Å². The molecule has 1 saturated heterocycles. The Morgan fingerprint density at radius 3 is 2.71 bits per heavy atom. The maximum absolute atomic E-state index is 5.70. The van der Waals surface area contributed by atoms with Crippen LogP contribution in [0.3, 0.4) is 0 Å². The van der Waals surface area contributed by atoms with Gasteiger partial charge in [0.25, 0.3) is 5.89 Å². The summed E-state index contributed by atoms with van der Waals surface area (Å²) in [5.41, 5.74) is 0.860. The molecule has 0 amide bonds. The number of likely N-dealkylation sites (tertiary alicyclic amines) is 1.